The zero-order valence-electron chi connectivity index (χ0n) is 18.7. The quantitative estimate of drug-likeness (QED) is 0.320. The summed E-state index contributed by atoms with van der Waals surface area (Å²) in [6, 6.07) is 13.0. The fourth-order valence-corrected chi connectivity index (χ4v) is 3.92. The molecule has 34 heavy (non-hydrogen) atoms. The van der Waals surface area contributed by atoms with Crippen molar-refractivity contribution in [2.75, 3.05) is 49.6 Å². The summed E-state index contributed by atoms with van der Waals surface area (Å²) in [5.41, 5.74) is 13.9. The molecule has 3 aromatic rings. The third-order valence-electron chi connectivity index (χ3n) is 5.72. The summed E-state index contributed by atoms with van der Waals surface area (Å²) < 4.78 is 6.17. The Morgan fingerprint density at radius 1 is 1.15 bits per heavy atom. The Kier molecular flexibility index (Phi) is 6.98. The van der Waals surface area contributed by atoms with Crippen LogP contribution in [0.15, 0.2) is 47.3 Å². The molecule has 2 aromatic carbocycles. The maximum absolute atomic E-state index is 12.2. The van der Waals surface area contributed by atoms with E-state index in [0.29, 0.717) is 23.6 Å². The summed E-state index contributed by atoms with van der Waals surface area (Å²) in [4.78, 5) is 32.3. The van der Waals surface area contributed by atoms with Crippen molar-refractivity contribution in [1.82, 2.24) is 14.9 Å². The van der Waals surface area contributed by atoms with Crippen molar-refractivity contribution in [1.29, 1.82) is 0 Å². The highest BCUT2D eigenvalue weighted by Gasteiger charge is 2.16. The minimum Gasteiger partial charge on any atom is -0.491 e. The van der Waals surface area contributed by atoms with Crippen molar-refractivity contribution < 1.29 is 14.6 Å². The third kappa shape index (κ3) is 5.46. The third-order valence-corrected chi connectivity index (χ3v) is 5.72. The van der Waals surface area contributed by atoms with Gasteiger partial charge in [0.2, 0.25) is 0 Å². The molecule has 1 aromatic heterocycles. The summed E-state index contributed by atoms with van der Waals surface area (Å²) in [5, 5.41) is 11.8. The van der Waals surface area contributed by atoms with Gasteiger partial charge in [-0.15, -0.1) is 0 Å². The standard InChI is InChI=1S/C24H28N6O4/c25-21-22(26)28-23(29-24(21)33)18-7-6-16(13-19(18)34-11-10-30-8-1-2-9-30)15-4-3-5-17(12-15)27-14-20(31)32/h3-7,12-13,27H,1-2,8-11,14,25H2,(H,31,32)(H3,26,28,29,33). The number of carbonyl (C=O) groups is 1. The molecule has 0 saturated carbocycles. The number of nitrogens with zero attached hydrogens (tertiary/aromatic N) is 2. The first-order chi connectivity index (χ1) is 16.4. The lowest BCUT2D eigenvalue weighted by atomic mass is 10.0. The average molecular weight is 465 g/mol. The Labute approximate surface area is 196 Å². The van der Waals surface area contributed by atoms with Crippen molar-refractivity contribution in [2.45, 2.75) is 12.8 Å². The van der Waals surface area contributed by atoms with Crippen molar-refractivity contribution in [3.63, 3.8) is 0 Å². The Morgan fingerprint density at radius 3 is 2.65 bits per heavy atom. The van der Waals surface area contributed by atoms with Crippen LogP contribution in [0.4, 0.5) is 17.2 Å². The molecule has 7 N–H and O–H groups in total. The molecule has 0 bridgehead atoms. The number of nitrogen functional groups attached to an aromatic ring is 2. The van der Waals surface area contributed by atoms with Crippen molar-refractivity contribution in [2.24, 2.45) is 0 Å². The Bertz CT molecular complexity index is 1240. The summed E-state index contributed by atoms with van der Waals surface area (Å²) in [5.74, 6) is -0.153. The molecule has 0 spiro atoms. The predicted octanol–water partition coefficient (Wildman–Crippen LogP) is 2.24. The monoisotopic (exact) mass is 464 g/mol. The highest BCUT2D eigenvalue weighted by molar-refractivity contribution is 5.77. The van der Waals surface area contributed by atoms with E-state index in [1.165, 1.54) is 12.8 Å². The fourth-order valence-electron chi connectivity index (χ4n) is 3.92. The molecule has 178 valence electrons. The molecular formula is C24H28N6O4. The molecule has 10 heteroatoms. The molecule has 1 saturated heterocycles. The normalized spacial score (nSPS) is 13.6. The molecule has 0 amide bonds. The number of benzene rings is 2. The largest absolute Gasteiger partial charge is 0.491 e. The van der Waals surface area contributed by atoms with Crippen LogP contribution in [0.3, 0.4) is 0 Å². The maximum atomic E-state index is 12.2. The van der Waals surface area contributed by atoms with Crippen molar-refractivity contribution in [3.8, 4) is 28.3 Å². The number of aromatic nitrogens is 2. The smallest absolute Gasteiger partial charge is 0.322 e. The molecule has 1 aliphatic heterocycles. The molecular weight excluding hydrogens is 436 g/mol. The van der Waals surface area contributed by atoms with Crippen LogP contribution < -0.4 is 27.1 Å². The molecule has 10 nitrogen and oxygen atoms in total. The summed E-state index contributed by atoms with van der Waals surface area (Å²) in [6.45, 7) is 3.23. The molecule has 1 aliphatic rings. The van der Waals surface area contributed by atoms with E-state index in [0.717, 1.165) is 30.8 Å². The van der Waals surface area contributed by atoms with Crippen LogP contribution in [-0.2, 0) is 4.79 Å². The van der Waals surface area contributed by atoms with Gasteiger partial charge in [-0.05, 0) is 61.3 Å². The van der Waals surface area contributed by atoms with Gasteiger partial charge in [-0.25, -0.2) is 4.98 Å². The van der Waals surface area contributed by atoms with E-state index in [2.05, 4.69) is 20.2 Å². The van der Waals surface area contributed by atoms with Crippen LogP contribution in [0.2, 0.25) is 0 Å². The van der Waals surface area contributed by atoms with E-state index >= 15 is 0 Å². The van der Waals surface area contributed by atoms with Gasteiger partial charge in [-0.3, -0.25) is 14.5 Å². The zero-order valence-corrected chi connectivity index (χ0v) is 18.7. The number of carboxylic acids is 1. The number of hydrogen-bond donors (Lipinski definition) is 5. The van der Waals surface area contributed by atoms with Crippen LogP contribution in [0.1, 0.15) is 12.8 Å². The number of H-pyrrole nitrogens is 1. The second-order valence-electron chi connectivity index (χ2n) is 8.15. The van der Waals surface area contributed by atoms with Crippen LogP contribution in [0.5, 0.6) is 5.75 Å². The second kappa shape index (κ2) is 10.3. The number of likely N-dealkylation sites (tertiary alicyclic amines) is 1. The van der Waals surface area contributed by atoms with Gasteiger partial charge in [-0.1, -0.05) is 18.2 Å². The molecule has 0 atom stereocenters. The first kappa shape index (κ1) is 23.1. The number of anilines is 3. The fraction of sp³-hybridized carbons (Fsp3) is 0.292. The van der Waals surface area contributed by atoms with Gasteiger partial charge < -0.3 is 31.6 Å². The van der Waals surface area contributed by atoms with Gasteiger partial charge in [-0.2, -0.15) is 0 Å². The molecule has 0 radical (unpaired) electrons. The number of aliphatic carboxylic acids is 1. The highest BCUT2D eigenvalue weighted by atomic mass is 16.5. The number of rotatable bonds is 9. The second-order valence-corrected chi connectivity index (χ2v) is 8.15. The van der Waals surface area contributed by atoms with E-state index in [1.807, 2.05) is 36.4 Å². The van der Waals surface area contributed by atoms with Gasteiger partial charge in [0.1, 0.15) is 30.4 Å². The molecule has 1 fully saturated rings. The average Bonchev–Trinajstić information content (AvgIpc) is 3.34. The molecule has 2 heterocycles. The number of nitrogens with two attached hydrogens (primary N) is 2. The first-order valence-corrected chi connectivity index (χ1v) is 11.1. The minimum atomic E-state index is -0.937. The summed E-state index contributed by atoms with van der Waals surface area (Å²) in [6.07, 6.45) is 2.39. The topological polar surface area (TPSA) is 160 Å². The zero-order chi connectivity index (χ0) is 24.1. The van der Waals surface area contributed by atoms with E-state index in [9.17, 15) is 9.59 Å². The predicted molar refractivity (Wildman–Crippen MR) is 132 cm³/mol. The Balaban J connectivity index is 1.66. The lowest BCUT2D eigenvalue weighted by molar-refractivity contribution is -0.134. The van der Waals surface area contributed by atoms with E-state index in [1.54, 1.807) is 6.07 Å². The number of aromatic amines is 1. The number of hydrogen-bond acceptors (Lipinski definition) is 8. The molecule has 4 rings (SSSR count). The molecule has 0 unspecified atom stereocenters. The van der Waals surface area contributed by atoms with Crippen LogP contribution in [0.25, 0.3) is 22.5 Å². The maximum Gasteiger partial charge on any atom is 0.322 e. The van der Waals surface area contributed by atoms with Gasteiger partial charge in [0, 0.05) is 12.2 Å². The van der Waals surface area contributed by atoms with E-state index in [-0.39, 0.29) is 23.9 Å². The number of nitrogens with one attached hydrogen (secondary N) is 2. The highest BCUT2D eigenvalue weighted by Crippen LogP contribution is 2.34. The summed E-state index contributed by atoms with van der Waals surface area (Å²) >= 11 is 0. The minimum absolute atomic E-state index is 0.0388. The van der Waals surface area contributed by atoms with Crippen molar-refractivity contribution in [3.05, 3.63) is 52.8 Å². The number of carboxylic acid groups (broad SMARTS) is 1. The van der Waals surface area contributed by atoms with Crippen LogP contribution in [-0.4, -0.2) is 58.7 Å². The summed E-state index contributed by atoms with van der Waals surface area (Å²) in [7, 11) is 0. The van der Waals surface area contributed by atoms with Gasteiger partial charge in [0.05, 0.1) is 5.56 Å². The number of ether oxygens (including phenoxy) is 1. The lowest BCUT2D eigenvalue weighted by Crippen LogP contribution is -2.25. The first-order valence-electron chi connectivity index (χ1n) is 11.1. The van der Waals surface area contributed by atoms with Gasteiger partial charge in [0.25, 0.3) is 5.56 Å². The van der Waals surface area contributed by atoms with Crippen LogP contribution >= 0.6 is 0 Å². The van der Waals surface area contributed by atoms with Crippen molar-refractivity contribution >= 4 is 23.2 Å². The Morgan fingerprint density at radius 2 is 1.91 bits per heavy atom. The molecule has 0 aliphatic carbocycles. The van der Waals surface area contributed by atoms with Crippen LogP contribution in [0, 0.1) is 0 Å². The Hall–Kier alpha value is -4.05. The SMILES string of the molecule is Nc1nc(-c2ccc(-c3cccc(NCC(=O)O)c3)cc2OCCN2CCCC2)[nH]c(=O)c1N. The van der Waals surface area contributed by atoms with E-state index < -0.39 is 11.5 Å². The van der Waals surface area contributed by atoms with Gasteiger partial charge >= 0.3 is 5.97 Å². The van der Waals surface area contributed by atoms with E-state index in [4.69, 9.17) is 21.3 Å². The van der Waals surface area contributed by atoms with Gasteiger partial charge in [0.15, 0.2) is 5.82 Å². The lowest BCUT2D eigenvalue weighted by Gasteiger charge is -2.17.